The Labute approximate surface area is 124 Å². The van der Waals surface area contributed by atoms with Crippen molar-refractivity contribution in [1.82, 2.24) is 19.9 Å². The van der Waals surface area contributed by atoms with Gasteiger partial charge >= 0.3 is 0 Å². The van der Waals surface area contributed by atoms with Gasteiger partial charge in [0.2, 0.25) is 11.9 Å². The Balaban J connectivity index is 1.70. The topological polar surface area (TPSA) is 93.9 Å². The van der Waals surface area contributed by atoms with E-state index in [1.807, 2.05) is 0 Å². The maximum Gasteiger partial charge on any atom is 0.225 e. The fraction of sp³-hybridized carbons (Fsp3) is 0.400. The molecule has 0 bridgehead atoms. The van der Waals surface area contributed by atoms with Crippen molar-refractivity contribution in [2.45, 2.75) is 25.8 Å². The van der Waals surface area contributed by atoms with Gasteiger partial charge in [-0.25, -0.2) is 0 Å². The van der Waals surface area contributed by atoms with Crippen molar-refractivity contribution in [2.75, 3.05) is 24.6 Å². The minimum absolute atomic E-state index is 0.190. The van der Waals surface area contributed by atoms with E-state index >= 15 is 0 Å². The number of anilines is 2. The lowest BCUT2D eigenvalue weighted by atomic mass is 9.98. The van der Waals surface area contributed by atoms with E-state index in [1.165, 1.54) is 11.1 Å². The third-order valence-corrected chi connectivity index (χ3v) is 3.82. The molecule has 6 heteroatoms. The maximum atomic E-state index is 5.62. The van der Waals surface area contributed by atoms with Crippen molar-refractivity contribution >= 4 is 11.9 Å². The second kappa shape index (κ2) is 6.05. The molecule has 4 N–H and O–H groups in total. The number of aromatic nitrogens is 3. The Kier molecular flexibility index (Phi) is 3.96. The molecule has 0 fully saturated rings. The lowest BCUT2D eigenvalue weighted by molar-refractivity contribution is 0.254. The lowest BCUT2D eigenvalue weighted by Crippen LogP contribution is -2.30. The first-order chi connectivity index (χ1) is 10.2. The number of fused-ring (bicyclic) bond motifs is 1. The van der Waals surface area contributed by atoms with Gasteiger partial charge in [0.1, 0.15) is 5.82 Å². The van der Waals surface area contributed by atoms with Crippen LogP contribution in [0.25, 0.3) is 0 Å². The second-order valence-corrected chi connectivity index (χ2v) is 5.37. The number of rotatable bonds is 2. The minimum Gasteiger partial charge on any atom is -0.368 e. The van der Waals surface area contributed by atoms with Crippen LogP contribution < -0.4 is 11.5 Å². The first-order valence-corrected chi connectivity index (χ1v) is 7.26. The van der Waals surface area contributed by atoms with Crippen molar-refractivity contribution < 1.29 is 0 Å². The number of benzene rings is 1. The number of hydrogen-bond donors (Lipinski definition) is 2. The lowest BCUT2D eigenvalue weighted by Gasteiger charge is -2.25. The summed E-state index contributed by atoms with van der Waals surface area (Å²) in [7, 11) is 0. The zero-order valence-corrected chi connectivity index (χ0v) is 12.0. The van der Waals surface area contributed by atoms with Crippen molar-refractivity contribution in [2.24, 2.45) is 0 Å². The molecule has 0 unspecified atom stereocenters. The third kappa shape index (κ3) is 3.46. The summed E-state index contributed by atoms with van der Waals surface area (Å²) in [5.41, 5.74) is 14.2. The summed E-state index contributed by atoms with van der Waals surface area (Å²) in [4.78, 5) is 14.5. The predicted molar refractivity (Wildman–Crippen MR) is 82.4 cm³/mol. The summed E-state index contributed by atoms with van der Waals surface area (Å²) in [6.45, 7) is 2.68. The van der Waals surface area contributed by atoms with Crippen LogP contribution in [0.2, 0.25) is 0 Å². The molecule has 3 rings (SSSR count). The van der Waals surface area contributed by atoms with Crippen LogP contribution in [-0.2, 0) is 19.4 Å². The highest BCUT2D eigenvalue weighted by Crippen LogP contribution is 2.16. The normalized spacial score (nSPS) is 16.0. The number of nitrogen functional groups attached to an aromatic ring is 2. The molecule has 0 atom stereocenters. The molecule has 0 aliphatic carbocycles. The zero-order chi connectivity index (χ0) is 14.7. The van der Waals surface area contributed by atoms with E-state index in [1.54, 1.807) is 0 Å². The summed E-state index contributed by atoms with van der Waals surface area (Å²) in [5, 5.41) is 0. The highest BCUT2D eigenvalue weighted by Gasteiger charge is 2.14. The van der Waals surface area contributed by atoms with Crippen molar-refractivity contribution in [3.8, 4) is 0 Å². The van der Waals surface area contributed by atoms with E-state index in [9.17, 15) is 0 Å². The molecule has 110 valence electrons. The van der Waals surface area contributed by atoms with E-state index in [-0.39, 0.29) is 11.9 Å². The molecule has 2 aromatic rings. The Morgan fingerprint density at radius 1 is 0.905 bits per heavy atom. The molecular weight excluding hydrogens is 264 g/mol. The SMILES string of the molecule is Nc1nc(N)nc(CN2CCCc3ccccc3CC2)n1. The summed E-state index contributed by atoms with van der Waals surface area (Å²) < 4.78 is 0. The van der Waals surface area contributed by atoms with Crippen LogP contribution in [0.5, 0.6) is 0 Å². The first kappa shape index (κ1) is 13.8. The van der Waals surface area contributed by atoms with Gasteiger partial charge < -0.3 is 11.5 Å². The molecule has 21 heavy (non-hydrogen) atoms. The summed E-state index contributed by atoms with van der Waals surface area (Å²) in [6.07, 6.45) is 3.30. The zero-order valence-electron chi connectivity index (χ0n) is 12.0. The number of nitrogens with zero attached hydrogens (tertiary/aromatic N) is 4. The van der Waals surface area contributed by atoms with Crippen molar-refractivity contribution in [3.05, 3.63) is 41.2 Å². The smallest absolute Gasteiger partial charge is 0.225 e. The second-order valence-electron chi connectivity index (χ2n) is 5.37. The van der Waals surface area contributed by atoms with Gasteiger partial charge in [0.25, 0.3) is 0 Å². The molecule has 1 aliphatic heterocycles. The summed E-state index contributed by atoms with van der Waals surface area (Å²) in [6, 6.07) is 8.68. The number of hydrogen-bond acceptors (Lipinski definition) is 6. The molecule has 1 aromatic heterocycles. The molecule has 0 radical (unpaired) electrons. The quantitative estimate of drug-likeness (QED) is 0.855. The number of aryl methyl sites for hydroxylation is 1. The van der Waals surface area contributed by atoms with Gasteiger partial charge in [-0.15, -0.1) is 0 Å². The molecule has 0 spiro atoms. The largest absolute Gasteiger partial charge is 0.368 e. The monoisotopic (exact) mass is 284 g/mol. The van der Waals surface area contributed by atoms with Gasteiger partial charge in [0.05, 0.1) is 6.54 Å². The van der Waals surface area contributed by atoms with Crippen LogP contribution in [-0.4, -0.2) is 32.9 Å². The fourth-order valence-electron chi connectivity index (χ4n) is 2.81. The van der Waals surface area contributed by atoms with Gasteiger partial charge in [0, 0.05) is 6.54 Å². The average Bonchev–Trinajstić information content (AvgIpc) is 2.42. The van der Waals surface area contributed by atoms with Gasteiger partial charge in [-0.1, -0.05) is 24.3 Å². The highest BCUT2D eigenvalue weighted by molar-refractivity contribution is 5.28. The van der Waals surface area contributed by atoms with Crippen molar-refractivity contribution in [1.29, 1.82) is 0 Å². The summed E-state index contributed by atoms with van der Waals surface area (Å²) in [5.74, 6) is 1.03. The van der Waals surface area contributed by atoms with Gasteiger partial charge in [-0.2, -0.15) is 15.0 Å². The molecule has 2 heterocycles. The van der Waals surface area contributed by atoms with E-state index < -0.39 is 0 Å². The molecule has 1 aliphatic rings. The van der Waals surface area contributed by atoms with Crippen molar-refractivity contribution in [3.63, 3.8) is 0 Å². The Morgan fingerprint density at radius 2 is 1.57 bits per heavy atom. The van der Waals surface area contributed by atoms with Crippen LogP contribution in [0.15, 0.2) is 24.3 Å². The van der Waals surface area contributed by atoms with E-state index in [2.05, 4.69) is 44.1 Å². The van der Waals surface area contributed by atoms with Gasteiger partial charge in [0.15, 0.2) is 0 Å². The van der Waals surface area contributed by atoms with Crippen LogP contribution in [0, 0.1) is 0 Å². The fourth-order valence-corrected chi connectivity index (χ4v) is 2.81. The third-order valence-electron chi connectivity index (χ3n) is 3.82. The van der Waals surface area contributed by atoms with Gasteiger partial charge in [-0.3, -0.25) is 4.90 Å². The average molecular weight is 284 g/mol. The maximum absolute atomic E-state index is 5.62. The molecular formula is C15H20N6. The van der Waals surface area contributed by atoms with Crippen LogP contribution in [0.3, 0.4) is 0 Å². The summed E-state index contributed by atoms with van der Waals surface area (Å²) >= 11 is 0. The van der Waals surface area contributed by atoms with Crippen LogP contribution in [0.4, 0.5) is 11.9 Å². The minimum atomic E-state index is 0.190. The Hall–Kier alpha value is -2.21. The van der Waals surface area contributed by atoms with Gasteiger partial charge in [-0.05, 0) is 36.9 Å². The molecule has 6 nitrogen and oxygen atoms in total. The van der Waals surface area contributed by atoms with E-state index in [4.69, 9.17) is 11.5 Å². The molecule has 0 saturated carbocycles. The highest BCUT2D eigenvalue weighted by atomic mass is 15.2. The van der Waals surface area contributed by atoms with Crippen LogP contribution >= 0.6 is 0 Å². The molecule has 0 amide bonds. The molecule has 1 aromatic carbocycles. The molecule has 0 saturated heterocycles. The Morgan fingerprint density at radius 3 is 2.29 bits per heavy atom. The van der Waals surface area contributed by atoms with E-state index in [0.29, 0.717) is 12.4 Å². The van der Waals surface area contributed by atoms with E-state index in [0.717, 1.165) is 32.4 Å². The first-order valence-electron chi connectivity index (χ1n) is 7.26. The standard InChI is InChI=1S/C15H20N6/c16-14-18-13(19-15(17)20-14)10-21-8-3-6-11-4-1-2-5-12(11)7-9-21/h1-2,4-5H,3,6-10H2,(H4,16,17,18,19,20). The van der Waals surface area contributed by atoms with Crippen LogP contribution in [0.1, 0.15) is 23.4 Å². The number of nitrogens with two attached hydrogens (primary N) is 2. The predicted octanol–water partition coefficient (Wildman–Crippen LogP) is 1.03. The Bertz CT molecular complexity index is 607.